The monoisotopic (exact) mass is 399 g/mol. The summed E-state index contributed by atoms with van der Waals surface area (Å²) in [6, 6.07) is 7.97. The number of hydrogen-bond donors (Lipinski definition) is 0. The molecule has 3 amide bonds. The average Bonchev–Trinajstić information content (AvgIpc) is 3.15. The molecule has 0 bridgehead atoms. The number of hydrogen-bond acceptors (Lipinski definition) is 4. The summed E-state index contributed by atoms with van der Waals surface area (Å²) in [5.41, 5.74) is 2.54. The van der Waals surface area contributed by atoms with Gasteiger partial charge in [-0.3, -0.25) is 14.6 Å². The molecule has 1 saturated heterocycles. The van der Waals surface area contributed by atoms with Crippen molar-refractivity contribution < 1.29 is 14.2 Å². The molecule has 1 atom stereocenters. The number of aliphatic imine (C=N–C) groups is 1. The number of amides is 3. The zero-order chi connectivity index (χ0) is 20.2. The van der Waals surface area contributed by atoms with Gasteiger partial charge in [-0.2, -0.15) is 0 Å². The first-order chi connectivity index (χ1) is 13.3. The Morgan fingerprint density at radius 2 is 1.96 bits per heavy atom. The third-order valence-electron chi connectivity index (χ3n) is 4.95. The van der Waals surface area contributed by atoms with Gasteiger partial charge in [-0.25, -0.2) is 9.37 Å². The number of rotatable bonds is 2. The van der Waals surface area contributed by atoms with Crippen LogP contribution in [-0.2, 0) is 11.3 Å². The van der Waals surface area contributed by atoms with Gasteiger partial charge in [-0.15, -0.1) is 9.78 Å². The van der Waals surface area contributed by atoms with Crippen molar-refractivity contribution in [3.8, 4) is 0 Å². The van der Waals surface area contributed by atoms with Gasteiger partial charge in [0.2, 0.25) is 11.9 Å². The number of carbonyl (C=O) groups is 2. The molecule has 0 spiro atoms. The molecule has 2 aromatic rings. The number of likely N-dealkylation sites (N-methyl/N-ethyl adjacent to an activating group) is 2. The first kappa shape index (κ1) is 18.4. The number of nitrogens with zero attached hydrogens (tertiary/aromatic N) is 6. The van der Waals surface area contributed by atoms with E-state index in [1.165, 1.54) is 9.80 Å². The van der Waals surface area contributed by atoms with Crippen molar-refractivity contribution in [2.45, 2.75) is 26.4 Å². The maximum Gasteiger partial charge on any atom is 0.421 e. The van der Waals surface area contributed by atoms with Crippen molar-refractivity contribution in [3.63, 3.8) is 0 Å². The van der Waals surface area contributed by atoms with Gasteiger partial charge < -0.3 is 0 Å². The lowest BCUT2D eigenvalue weighted by Gasteiger charge is -2.33. The van der Waals surface area contributed by atoms with E-state index in [2.05, 4.69) is 10.1 Å². The predicted molar refractivity (Wildman–Crippen MR) is 105 cm³/mol. The van der Waals surface area contributed by atoms with Crippen LogP contribution in [-0.4, -0.2) is 68.0 Å². The average molecular weight is 400 g/mol. The minimum atomic E-state index is -0.680. The van der Waals surface area contributed by atoms with Crippen molar-refractivity contribution in [1.82, 2.24) is 19.6 Å². The highest BCUT2D eigenvalue weighted by Gasteiger charge is 2.52. The van der Waals surface area contributed by atoms with E-state index in [1.807, 2.05) is 26.0 Å². The van der Waals surface area contributed by atoms with Gasteiger partial charge in [0.05, 0.1) is 19.3 Å². The fourth-order valence-electron chi connectivity index (χ4n) is 3.58. The number of halogens is 1. The maximum atomic E-state index is 13.2. The van der Waals surface area contributed by atoms with Crippen LogP contribution in [0.1, 0.15) is 17.0 Å². The maximum absolute atomic E-state index is 13.2. The molecule has 2 aliphatic heterocycles. The topological polar surface area (TPSA) is 73.8 Å². The number of aromatic nitrogens is 2. The molecule has 0 N–H and O–H groups in total. The molecule has 144 valence electrons. The number of amidine groups is 1. The summed E-state index contributed by atoms with van der Waals surface area (Å²) in [5.74, 6) is 0.603. The molecule has 1 aromatic carbocycles. The zero-order valence-corrected chi connectivity index (χ0v) is 16.8. The molecule has 28 heavy (non-hydrogen) atoms. The quantitative estimate of drug-likeness (QED) is 0.723. The molecule has 8 nitrogen and oxygen atoms in total. The summed E-state index contributed by atoms with van der Waals surface area (Å²) in [7, 11) is 3.41. The normalized spacial score (nSPS) is 19.5. The third kappa shape index (κ3) is 2.80. The Kier molecular flexibility index (Phi) is 4.30. The van der Waals surface area contributed by atoms with E-state index in [0.717, 1.165) is 17.0 Å². The van der Waals surface area contributed by atoms with E-state index in [1.54, 1.807) is 41.6 Å². The van der Waals surface area contributed by atoms with Crippen LogP contribution in [0.3, 0.4) is 0 Å². The standard InChI is InChI=1S/C19H20ClN6O2/c1-11-8-12(2)26(22-11)18-21-16-15(23(18)3)17(27)25(19(28)24(16)4)10-13-6-5-7-14(20)9-13/h5-9,15H,10H2,1-4H3/q+1. The third-order valence-corrected chi connectivity index (χ3v) is 5.19. The highest BCUT2D eigenvalue weighted by atomic mass is 35.5. The minimum absolute atomic E-state index is 0.148. The van der Waals surface area contributed by atoms with Crippen molar-refractivity contribution in [1.29, 1.82) is 0 Å². The van der Waals surface area contributed by atoms with E-state index in [4.69, 9.17) is 11.6 Å². The van der Waals surface area contributed by atoms with Crippen molar-refractivity contribution >= 4 is 35.3 Å². The summed E-state index contributed by atoms with van der Waals surface area (Å²) < 4.78 is 3.44. The first-order valence-corrected chi connectivity index (χ1v) is 9.21. The van der Waals surface area contributed by atoms with Crippen LogP contribution in [0.15, 0.2) is 35.3 Å². The number of imide groups is 1. The van der Waals surface area contributed by atoms with Crippen LogP contribution in [0.25, 0.3) is 0 Å². The van der Waals surface area contributed by atoms with Gasteiger partial charge in [0.1, 0.15) is 5.69 Å². The summed E-state index contributed by atoms with van der Waals surface area (Å²) in [5, 5.41) is 5.01. The molecule has 0 aliphatic carbocycles. The molecular formula is C19H20ClN6O2+. The fraction of sp³-hybridized carbons (Fsp3) is 0.316. The Hall–Kier alpha value is -3.00. The highest BCUT2D eigenvalue weighted by molar-refractivity contribution is 6.30. The summed E-state index contributed by atoms with van der Waals surface area (Å²) in [4.78, 5) is 33.3. The summed E-state index contributed by atoms with van der Waals surface area (Å²) >= 11 is 6.04. The molecule has 9 heteroatoms. The van der Waals surface area contributed by atoms with E-state index in [9.17, 15) is 9.59 Å². The van der Waals surface area contributed by atoms with Gasteiger partial charge in [-0.1, -0.05) is 28.7 Å². The fourth-order valence-corrected chi connectivity index (χ4v) is 3.79. The Labute approximate surface area is 167 Å². The van der Waals surface area contributed by atoms with Crippen LogP contribution >= 0.6 is 11.6 Å². The predicted octanol–water partition coefficient (Wildman–Crippen LogP) is 1.87. The van der Waals surface area contributed by atoms with E-state index in [0.29, 0.717) is 16.8 Å². The molecule has 4 rings (SSSR count). The van der Waals surface area contributed by atoms with Gasteiger partial charge in [0.15, 0.2) is 0 Å². The van der Waals surface area contributed by atoms with Crippen LogP contribution in [0.4, 0.5) is 4.79 Å². The lowest BCUT2D eigenvalue weighted by Crippen LogP contribution is -2.62. The van der Waals surface area contributed by atoms with E-state index < -0.39 is 12.1 Å². The van der Waals surface area contributed by atoms with Crippen molar-refractivity contribution in [2.24, 2.45) is 4.99 Å². The van der Waals surface area contributed by atoms with E-state index in [-0.39, 0.29) is 12.5 Å². The number of urea groups is 1. The molecule has 1 fully saturated rings. The van der Waals surface area contributed by atoms with Crippen molar-refractivity contribution in [2.75, 3.05) is 14.1 Å². The SMILES string of the molecule is Cc1cc(C)n(C2=[N+](C)C3C(=O)N(Cc4cccc(Cl)c4)C(=O)N(C)C3=N2)n1. The number of benzene rings is 1. The Morgan fingerprint density at radius 3 is 2.61 bits per heavy atom. The molecular weight excluding hydrogens is 380 g/mol. The Morgan fingerprint density at radius 1 is 1.21 bits per heavy atom. The Balaban J connectivity index is 1.72. The van der Waals surface area contributed by atoms with Gasteiger partial charge in [-0.05, 0) is 37.6 Å². The molecule has 3 heterocycles. The van der Waals surface area contributed by atoms with E-state index >= 15 is 0 Å². The summed E-state index contributed by atoms with van der Waals surface area (Å²) in [6.45, 7) is 3.97. The van der Waals surface area contributed by atoms with Crippen LogP contribution in [0.2, 0.25) is 5.02 Å². The van der Waals surface area contributed by atoms with Gasteiger partial charge >= 0.3 is 12.0 Å². The number of aryl methyl sites for hydroxylation is 2. The van der Waals surface area contributed by atoms with Crippen LogP contribution < -0.4 is 0 Å². The highest BCUT2D eigenvalue weighted by Crippen LogP contribution is 2.22. The Bertz CT molecular complexity index is 1070. The molecule has 0 radical (unpaired) electrons. The lowest BCUT2D eigenvalue weighted by molar-refractivity contribution is -0.507. The number of carbonyl (C=O) groups excluding carboxylic acids is 2. The van der Waals surface area contributed by atoms with Crippen LogP contribution in [0.5, 0.6) is 0 Å². The molecule has 0 saturated carbocycles. The molecule has 2 aliphatic rings. The second kappa shape index (κ2) is 6.56. The van der Waals surface area contributed by atoms with Gasteiger partial charge in [0, 0.05) is 12.1 Å². The van der Waals surface area contributed by atoms with Crippen molar-refractivity contribution in [3.05, 3.63) is 52.3 Å². The first-order valence-electron chi connectivity index (χ1n) is 8.83. The largest absolute Gasteiger partial charge is 0.421 e. The lowest BCUT2D eigenvalue weighted by atomic mass is 10.1. The smallest absolute Gasteiger partial charge is 0.270 e. The second-order valence-electron chi connectivity index (χ2n) is 7.02. The summed E-state index contributed by atoms with van der Waals surface area (Å²) in [6.07, 6.45) is 0. The second-order valence-corrected chi connectivity index (χ2v) is 7.45. The van der Waals surface area contributed by atoms with Crippen LogP contribution in [0, 0.1) is 13.8 Å². The molecule has 1 unspecified atom stereocenters. The van der Waals surface area contributed by atoms with Gasteiger partial charge in [0.25, 0.3) is 5.91 Å². The zero-order valence-electron chi connectivity index (χ0n) is 16.0. The number of fused-ring (bicyclic) bond motifs is 1. The minimum Gasteiger partial charge on any atom is -0.270 e. The molecule has 1 aromatic heterocycles.